The third-order valence-electron chi connectivity index (χ3n) is 3.81. The maximum absolute atomic E-state index is 13.2. The fourth-order valence-corrected chi connectivity index (χ4v) is 3.46. The second kappa shape index (κ2) is 9.87. The Morgan fingerprint density at radius 2 is 2.19 bits per heavy atom. The number of urea groups is 1. The molecule has 1 aromatic rings. The van der Waals surface area contributed by atoms with Crippen LogP contribution >= 0.6 is 11.8 Å². The molecular formula is C20H25N3O2S. The lowest BCUT2D eigenvalue weighted by Crippen LogP contribution is -2.40. The van der Waals surface area contributed by atoms with Crippen molar-refractivity contribution in [2.75, 3.05) is 24.7 Å². The smallest absolute Gasteiger partial charge is 0.332 e. The van der Waals surface area contributed by atoms with Gasteiger partial charge in [0.2, 0.25) is 0 Å². The van der Waals surface area contributed by atoms with E-state index >= 15 is 0 Å². The average molecular weight is 372 g/mol. The van der Waals surface area contributed by atoms with E-state index in [1.165, 1.54) is 0 Å². The van der Waals surface area contributed by atoms with Gasteiger partial charge in [0.15, 0.2) is 5.17 Å². The Hall–Kier alpha value is -2.47. The minimum atomic E-state index is -0.281. The summed E-state index contributed by atoms with van der Waals surface area (Å²) < 4.78 is 5.47. The van der Waals surface area contributed by atoms with Crippen LogP contribution in [0.5, 0.6) is 0 Å². The van der Waals surface area contributed by atoms with Gasteiger partial charge in [0.1, 0.15) is 5.76 Å². The number of thioether (sulfide) groups is 1. The Balaban J connectivity index is 2.44. The molecule has 1 heterocycles. The number of para-hydroxylation sites is 1. The maximum atomic E-state index is 13.2. The quantitative estimate of drug-likeness (QED) is 0.589. The number of carbonyl (C=O) groups is 1. The van der Waals surface area contributed by atoms with Crippen LogP contribution in [0.2, 0.25) is 0 Å². The minimum Gasteiger partial charge on any atom is -0.495 e. The Labute approximate surface area is 159 Å². The van der Waals surface area contributed by atoms with Gasteiger partial charge in [-0.15, -0.1) is 0 Å². The van der Waals surface area contributed by atoms with Crippen molar-refractivity contribution in [1.82, 2.24) is 4.90 Å². The predicted molar refractivity (Wildman–Crippen MR) is 110 cm³/mol. The Morgan fingerprint density at radius 1 is 1.42 bits per heavy atom. The van der Waals surface area contributed by atoms with Crippen molar-refractivity contribution < 1.29 is 9.53 Å². The molecule has 1 aliphatic rings. The molecule has 0 saturated carbocycles. The third-order valence-corrected chi connectivity index (χ3v) is 4.88. The van der Waals surface area contributed by atoms with Crippen molar-refractivity contribution in [3.8, 4) is 0 Å². The molecule has 1 N–H and O–H groups in total. The number of ether oxygens (including phenoxy) is 1. The number of carbonyl (C=O) groups excluding carboxylic acids is 1. The zero-order valence-electron chi connectivity index (χ0n) is 15.5. The number of hydrogen-bond acceptors (Lipinski definition) is 4. The van der Waals surface area contributed by atoms with Crippen LogP contribution in [0.4, 0.5) is 10.5 Å². The molecule has 0 saturated heterocycles. The first-order chi connectivity index (χ1) is 12.6. The van der Waals surface area contributed by atoms with E-state index in [0.29, 0.717) is 23.2 Å². The molecule has 6 heteroatoms. The van der Waals surface area contributed by atoms with Crippen LogP contribution in [0.15, 0.2) is 65.5 Å². The van der Waals surface area contributed by atoms with Crippen LogP contribution in [0, 0.1) is 6.92 Å². The molecule has 0 fully saturated rings. The number of rotatable bonds is 5. The number of hydrogen-bond donors (Lipinski definition) is 1. The monoisotopic (exact) mass is 371 g/mol. The topological polar surface area (TPSA) is 53.9 Å². The van der Waals surface area contributed by atoms with Gasteiger partial charge >= 0.3 is 6.03 Å². The Bertz CT molecular complexity index is 753. The summed E-state index contributed by atoms with van der Waals surface area (Å²) in [7, 11) is 1.58. The molecule has 138 valence electrons. The van der Waals surface area contributed by atoms with Crippen LogP contribution < -0.4 is 5.32 Å². The molecule has 1 aromatic carbocycles. The number of anilines is 1. The van der Waals surface area contributed by atoms with Gasteiger partial charge in [-0.25, -0.2) is 9.69 Å². The van der Waals surface area contributed by atoms with Crippen molar-refractivity contribution in [2.45, 2.75) is 20.3 Å². The number of nitrogens with one attached hydrogen (secondary N) is 1. The summed E-state index contributed by atoms with van der Waals surface area (Å²) in [5.41, 5.74) is 2.36. The van der Waals surface area contributed by atoms with Crippen LogP contribution in [0.1, 0.15) is 18.9 Å². The van der Waals surface area contributed by atoms with Crippen molar-refractivity contribution in [3.63, 3.8) is 0 Å². The van der Waals surface area contributed by atoms with Crippen LogP contribution in [0.25, 0.3) is 0 Å². The lowest BCUT2D eigenvalue weighted by molar-refractivity contribution is 0.234. The highest BCUT2D eigenvalue weighted by Gasteiger charge is 2.28. The minimum absolute atomic E-state index is 0.281. The molecule has 5 nitrogen and oxygen atoms in total. The SMILES string of the molecule is C=CC=C(C(=CC)OC)N(C(=O)Nc1ccccc1C)C1=NCCCS1. The van der Waals surface area contributed by atoms with Crippen LogP contribution in [-0.2, 0) is 4.74 Å². The standard InChI is InChI=1S/C20H25N3O2S/c1-5-10-17(18(6-2)25-4)23(20-21-13-9-14-26-20)19(24)22-16-12-8-7-11-15(16)3/h5-8,10-12H,1,9,13-14H2,2-4H3,(H,22,24). The van der Waals surface area contributed by atoms with E-state index in [9.17, 15) is 4.79 Å². The molecule has 2 rings (SSSR count). The first kappa shape index (κ1) is 19.8. The molecule has 26 heavy (non-hydrogen) atoms. The number of allylic oxidation sites excluding steroid dienone is 3. The van der Waals surface area contributed by atoms with Crippen LogP contribution in [0.3, 0.4) is 0 Å². The molecule has 1 aliphatic heterocycles. The number of benzene rings is 1. The van der Waals surface area contributed by atoms with Crippen molar-refractivity contribution in [3.05, 3.63) is 66.1 Å². The molecule has 0 aliphatic carbocycles. The highest BCUT2D eigenvalue weighted by Crippen LogP contribution is 2.26. The molecule has 0 aromatic heterocycles. The van der Waals surface area contributed by atoms with Gasteiger partial charge in [-0.3, -0.25) is 4.99 Å². The number of methoxy groups -OCH3 is 1. The molecule has 0 spiro atoms. The second-order valence-corrected chi connectivity index (χ2v) is 6.65. The zero-order valence-corrected chi connectivity index (χ0v) is 16.3. The predicted octanol–water partition coefficient (Wildman–Crippen LogP) is 4.94. The zero-order chi connectivity index (χ0) is 18.9. The van der Waals surface area contributed by atoms with E-state index in [0.717, 1.165) is 23.4 Å². The Morgan fingerprint density at radius 3 is 2.77 bits per heavy atom. The summed E-state index contributed by atoms with van der Waals surface area (Å²) in [4.78, 5) is 19.3. The summed E-state index contributed by atoms with van der Waals surface area (Å²) in [5.74, 6) is 1.51. The summed E-state index contributed by atoms with van der Waals surface area (Å²) >= 11 is 1.56. The van der Waals surface area contributed by atoms with Gasteiger partial charge in [0, 0.05) is 18.0 Å². The normalized spacial score (nSPS) is 15.1. The van der Waals surface area contributed by atoms with E-state index in [2.05, 4.69) is 16.9 Å². The molecule has 0 radical (unpaired) electrons. The summed E-state index contributed by atoms with van der Waals surface area (Å²) in [6, 6.07) is 7.39. The highest BCUT2D eigenvalue weighted by atomic mass is 32.2. The fourth-order valence-electron chi connectivity index (χ4n) is 2.52. The fraction of sp³-hybridized carbons (Fsp3) is 0.300. The van der Waals surface area contributed by atoms with Crippen molar-refractivity contribution in [1.29, 1.82) is 0 Å². The number of aryl methyl sites for hydroxylation is 1. The van der Waals surface area contributed by atoms with E-state index < -0.39 is 0 Å². The van der Waals surface area contributed by atoms with Gasteiger partial charge in [-0.2, -0.15) is 0 Å². The first-order valence-corrected chi connectivity index (χ1v) is 9.48. The van der Waals surface area contributed by atoms with Gasteiger partial charge in [-0.05, 0) is 44.1 Å². The summed E-state index contributed by atoms with van der Waals surface area (Å²) in [6.07, 6.45) is 6.22. The first-order valence-electron chi connectivity index (χ1n) is 8.49. The van der Waals surface area contributed by atoms with Crippen LogP contribution in [-0.4, -0.2) is 35.5 Å². The molecule has 2 amide bonds. The molecule has 0 atom stereocenters. The largest absolute Gasteiger partial charge is 0.495 e. The van der Waals surface area contributed by atoms with E-state index in [1.54, 1.807) is 35.9 Å². The molecule has 0 bridgehead atoms. The molecule has 0 unspecified atom stereocenters. The van der Waals surface area contributed by atoms with Gasteiger partial charge in [-0.1, -0.05) is 42.6 Å². The third kappa shape index (κ3) is 4.79. The van der Waals surface area contributed by atoms with E-state index in [-0.39, 0.29) is 6.03 Å². The highest BCUT2D eigenvalue weighted by molar-refractivity contribution is 8.13. The number of amidine groups is 1. The maximum Gasteiger partial charge on any atom is 0.332 e. The second-order valence-electron chi connectivity index (χ2n) is 5.59. The average Bonchev–Trinajstić information content (AvgIpc) is 2.66. The van der Waals surface area contributed by atoms with Gasteiger partial charge < -0.3 is 10.1 Å². The Kier molecular flexibility index (Phi) is 7.53. The number of nitrogens with zero attached hydrogens (tertiary/aromatic N) is 2. The van der Waals surface area contributed by atoms with Crippen molar-refractivity contribution in [2.24, 2.45) is 4.99 Å². The van der Waals surface area contributed by atoms with Crippen molar-refractivity contribution >= 4 is 28.6 Å². The number of aliphatic imine (C=N–C) groups is 1. The summed E-state index contributed by atoms with van der Waals surface area (Å²) in [5, 5.41) is 3.64. The lowest BCUT2D eigenvalue weighted by atomic mass is 10.2. The van der Waals surface area contributed by atoms with E-state index in [4.69, 9.17) is 4.74 Å². The van der Waals surface area contributed by atoms with E-state index in [1.807, 2.05) is 44.2 Å². The van der Waals surface area contributed by atoms with Gasteiger partial charge in [0.25, 0.3) is 0 Å². The molecular weight excluding hydrogens is 346 g/mol. The van der Waals surface area contributed by atoms with Gasteiger partial charge in [0.05, 0.1) is 12.8 Å². The lowest BCUT2D eigenvalue weighted by Gasteiger charge is -2.28. The number of amides is 2. The summed E-state index contributed by atoms with van der Waals surface area (Å²) in [6.45, 7) is 8.30.